The number of carboxylic acids is 1. The molecule has 4 nitrogen and oxygen atoms in total. The van der Waals surface area contributed by atoms with Crippen LogP contribution in [-0.2, 0) is 6.42 Å². The van der Waals surface area contributed by atoms with Crippen LogP contribution in [0.3, 0.4) is 0 Å². The average molecular weight is 230 g/mol. The first-order valence-electron chi connectivity index (χ1n) is 5.95. The molecule has 3 rings (SSSR count). The SMILES string of the molecule is CCc1nc2cc(C(=O)O)ccc2n1C1CC1. The van der Waals surface area contributed by atoms with Gasteiger partial charge < -0.3 is 9.67 Å². The normalized spacial score (nSPS) is 15.4. The lowest BCUT2D eigenvalue weighted by Gasteiger charge is -2.05. The summed E-state index contributed by atoms with van der Waals surface area (Å²) >= 11 is 0. The van der Waals surface area contributed by atoms with Gasteiger partial charge in [0.1, 0.15) is 5.82 Å². The number of benzene rings is 1. The Kier molecular flexibility index (Phi) is 2.18. The number of aromatic nitrogens is 2. The standard InChI is InChI=1S/C13H14N2O2/c1-2-12-14-10-7-8(13(16)17)3-6-11(10)15(12)9-4-5-9/h3,6-7,9H,2,4-5H2,1H3,(H,16,17). The summed E-state index contributed by atoms with van der Waals surface area (Å²) in [5, 5.41) is 8.96. The van der Waals surface area contributed by atoms with Crippen LogP contribution in [0.1, 0.15) is 42.0 Å². The number of carboxylic acid groups (broad SMARTS) is 1. The summed E-state index contributed by atoms with van der Waals surface area (Å²) in [6.45, 7) is 2.08. The van der Waals surface area contributed by atoms with Crippen molar-refractivity contribution in [1.29, 1.82) is 0 Å². The fraction of sp³-hybridized carbons (Fsp3) is 0.385. The smallest absolute Gasteiger partial charge is 0.335 e. The van der Waals surface area contributed by atoms with Gasteiger partial charge in [-0.05, 0) is 31.0 Å². The Balaban J connectivity index is 2.22. The molecule has 0 aliphatic heterocycles. The number of fused-ring (bicyclic) bond motifs is 1. The molecule has 0 atom stereocenters. The zero-order valence-corrected chi connectivity index (χ0v) is 9.68. The van der Waals surface area contributed by atoms with Crippen LogP contribution in [0.4, 0.5) is 0 Å². The van der Waals surface area contributed by atoms with Crippen molar-refractivity contribution in [1.82, 2.24) is 9.55 Å². The highest BCUT2D eigenvalue weighted by Gasteiger charge is 2.27. The molecule has 1 aliphatic carbocycles. The van der Waals surface area contributed by atoms with Crippen molar-refractivity contribution < 1.29 is 9.90 Å². The van der Waals surface area contributed by atoms with E-state index in [1.807, 2.05) is 6.07 Å². The summed E-state index contributed by atoms with van der Waals surface area (Å²) in [5.74, 6) is 0.163. The second kappa shape index (κ2) is 3.58. The molecule has 1 saturated carbocycles. The van der Waals surface area contributed by atoms with E-state index >= 15 is 0 Å². The summed E-state index contributed by atoms with van der Waals surface area (Å²) in [7, 11) is 0. The molecule has 2 aromatic rings. The summed E-state index contributed by atoms with van der Waals surface area (Å²) in [4.78, 5) is 15.5. The highest BCUT2D eigenvalue weighted by Crippen LogP contribution is 2.38. The summed E-state index contributed by atoms with van der Waals surface area (Å²) in [6.07, 6.45) is 3.30. The van der Waals surface area contributed by atoms with Crippen molar-refractivity contribution >= 4 is 17.0 Å². The summed E-state index contributed by atoms with van der Waals surface area (Å²) < 4.78 is 2.26. The van der Waals surface area contributed by atoms with Gasteiger partial charge in [-0.1, -0.05) is 6.92 Å². The van der Waals surface area contributed by atoms with Crippen molar-refractivity contribution in [3.63, 3.8) is 0 Å². The quantitative estimate of drug-likeness (QED) is 0.881. The van der Waals surface area contributed by atoms with E-state index in [0.717, 1.165) is 23.3 Å². The van der Waals surface area contributed by atoms with Gasteiger partial charge in [-0.25, -0.2) is 9.78 Å². The lowest BCUT2D eigenvalue weighted by molar-refractivity contribution is 0.0697. The maximum Gasteiger partial charge on any atom is 0.335 e. The second-order valence-electron chi connectivity index (χ2n) is 4.49. The molecule has 1 aliphatic rings. The molecule has 4 heteroatoms. The molecule has 88 valence electrons. The Labute approximate surface area is 98.9 Å². The summed E-state index contributed by atoms with van der Waals surface area (Å²) in [5.41, 5.74) is 2.17. The van der Waals surface area contributed by atoms with Gasteiger partial charge in [-0.3, -0.25) is 0 Å². The van der Waals surface area contributed by atoms with Gasteiger partial charge in [0.05, 0.1) is 16.6 Å². The van der Waals surface area contributed by atoms with Gasteiger partial charge in [0.25, 0.3) is 0 Å². The van der Waals surface area contributed by atoms with Crippen molar-refractivity contribution in [2.75, 3.05) is 0 Å². The minimum absolute atomic E-state index is 0.306. The maximum absolute atomic E-state index is 10.9. The first-order chi connectivity index (χ1) is 8.20. The molecule has 0 unspecified atom stereocenters. The Bertz CT molecular complexity index is 597. The highest BCUT2D eigenvalue weighted by atomic mass is 16.4. The predicted octanol–water partition coefficient (Wildman–Crippen LogP) is 2.63. The number of carbonyl (C=O) groups is 1. The van der Waals surface area contributed by atoms with Crippen LogP contribution in [0.25, 0.3) is 11.0 Å². The van der Waals surface area contributed by atoms with Crippen molar-refractivity contribution in [2.45, 2.75) is 32.2 Å². The van der Waals surface area contributed by atoms with Crippen LogP contribution in [0.2, 0.25) is 0 Å². The largest absolute Gasteiger partial charge is 0.478 e. The van der Waals surface area contributed by atoms with Crippen molar-refractivity contribution in [2.24, 2.45) is 0 Å². The molecule has 1 aromatic carbocycles. The van der Waals surface area contributed by atoms with Crippen LogP contribution in [0, 0.1) is 0 Å². The number of hydrogen-bond donors (Lipinski definition) is 1. The number of aryl methyl sites for hydroxylation is 1. The number of hydrogen-bond acceptors (Lipinski definition) is 2. The Morgan fingerprint density at radius 1 is 1.53 bits per heavy atom. The topological polar surface area (TPSA) is 55.1 Å². The third-order valence-corrected chi connectivity index (χ3v) is 3.24. The Morgan fingerprint density at radius 3 is 2.88 bits per heavy atom. The van der Waals surface area contributed by atoms with Gasteiger partial charge in [-0.2, -0.15) is 0 Å². The molecule has 0 spiro atoms. The zero-order valence-electron chi connectivity index (χ0n) is 9.68. The number of rotatable bonds is 3. The number of aromatic carboxylic acids is 1. The Hall–Kier alpha value is -1.84. The molecular formula is C13H14N2O2. The maximum atomic E-state index is 10.9. The fourth-order valence-corrected chi connectivity index (χ4v) is 2.27. The van der Waals surface area contributed by atoms with Gasteiger partial charge in [0, 0.05) is 12.5 Å². The Morgan fingerprint density at radius 2 is 2.29 bits per heavy atom. The van der Waals surface area contributed by atoms with E-state index in [1.165, 1.54) is 12.8 Å². The van der Waals surface area contributed by atoms with E-state index in [1.54, 1.807) is 12.1 Å². The van der Waals surface area contributed by atoms with E-state index < -0.39 is 5.97 Å². The molecule has 0 amide bonds. The van der Waals surface area contributed by atoms with E-state index in [9.17, 15) is 4.79 Å². The predicted molar refractivity (Wildman–Crippen MR) is 64.3 cm³/mol. The van der Waals surface area contributed by atoms with E-state index in [4.69, 9.17) is 5.11 Å². The molecule has 1 N–H and O–H groups in total. The van der Waals surface area contributed by atoms with Crippen LogP contribution < -0.4 is 0 Å². The minimum atomic E-state index is -0.897. The van der Waals surface area contributed by atoms with Crippen molar-refractivity contribution in [3.05, 3.63) is 29.6 Å². The highest BCUT2D eigenvalue weighted by molar-refractivity contribution is 5.92. The third-order valence-electron chi connectivity index (χ3n) is 3.24. The first-order valence-corrected chi connectivity index (χ1v) is 5.95. The van der Waals surface area contributed by atoms with Crippen LogP contribution >= 0.6 is 0 Å². The molecule has 0 saturated heterocycles. The molecule has 0 bridgehead atoms. The van der Waals surface area contributed by atoms with Crippen molar-refractivity contribution in [3.8, 4) is 0 Å². The van der Waals surface area contributed by atoms with Gasteiger partial charge >= 0.3 is 5.97 Å². The van der Waals surface area contributed by atoms with Crippen LogP contribution in [0.5, 0.6) is 0 Å². The average Bonchev–Trinajstić information content (AvgIpc) is 3.08. The second-order valence-corrected chi connectivity index (χ2v) is 4.49. The number of nitrogens with zero attached hydrogens (tertiary/aromatic N) is 2. The third kappa shape index (κ3) is 1.60. The van der Waals surface area contributed by atoms with E-state index in [2.05, 4.69) is 16.5 Å². The first kappa shape index (κ1) is 10.3. The lowest BCUT2D eigenvalue weighted by atomic mass is 10.2. The van der Waals surface area contributed by atoms with Gasteiger partial charge in [-0.15, -0.1) is 0 Å². The van der Waals surface area contributed by atoms with E-state index in [0.29, 0.717) is 11.6 Å². The van der Waals surface area contributed by atoms with Gasteiger partial charge in [0.2, 0.25) is 0 Å². The summed E-state index contributed by atoms with van der Waals surface area (Å²) in [6, 6.07) is 5.77. The molecule has 1 heterocycles. The minimum Gasteiger partial charge on any atom is -0.478 e. The molecule has 17 heavy (non-hydrogen) atoms. The van der Waals surface area contributed by atoms with Gasteiger partial charge in [0.15, 0.2) is 0 Å². The molecular weight excluding hydrogens is 216 g/mol. The number of imidazole rings is 1. The molecule has 1 aromatic heterocycles. The monoisotopic (exact) mass is 230 g/mol. The van der Waals surface area contributed by atoms with Crippen LogP contribution in [-0.4, -0.2) is 20.6 Å². The zero-order chi connectivity index (χ0) is 12.0. The van der Waals surface area contributed by atoms with E-state index in [-0.39, 0.29) is 0 Å². The van der Waals surface area contributed by atoms with Crippen LogP contribution in [0.15, 0.2) is 18.2 Å². The fourth-order valence-electron chi connectivity index (χ4n) is 2.27. The molecule has 0 radical (unpaired) electrons. The lowest BCUT2D eigenvalue weighted by Crippen LogP contribution is -2.00. The molecule has 1 fully saturated rings.